The largest absolute Gasteiger partial charge is 0.335 e. The summed E-state index contributed by atoms with van der Waals surface area (Å²) in [6.07, 6.45) is 2.13. The first kappa shape index (κ1) is 21.8. The minimum Gasteiger partial charge on any atom is -0.273 e. The predicted molar refractivity (Wildman–Crippen MR) is 126 cm³/mol. The molecule has 0 unspecified atom stereocenters. The summed E-state index contributed by atoms with van der Waals surface area (Å²) in [7, 11) is 0. The van der Waals surface area contributed by atoms with Crippen molar-refractivity contribution in [2.24, 2.45) is 0 Å². The van der Waals surface area contributed by atoms with Gasteiger partial charge >= 0.3 is 6.03 Å². The van der Waals surface area contributed by atoms with Gasteiger partial charge in [-0.25, -0.2) is 9.69 Å². The molecule has 32 heavy (non-hydrogen) atoms. The summed E-state index contributed by atoms with van der Waals surface area (Å²) >= 11 is 12.3. The first-order valence-corrected chi connectivity index (χ1v) is 10.6. The van der Waals surface area contributed by atoms with Gasteiger partial charge in [-0.05, 0) is 59.9 Å². The maximum Gasteiger partial charge on any atom is 0.335 e. The maximum absolute atomic E-state index is 13.1. The molecule has 0 radical (unpaired) electrons. The molecule has 0 bridgehead atoms. The lowest BCUT2D eigenvalue weighted by atomic mass is 10.0. The molecule has 0 aliphatic carbocycles. The lowest BCUT2D eigenvalue weighted by molar-refractivity contribution is -0.122. The van der Waals surface area contributed by atoms with Gasteiger partial charge in [0.25, 0.3) is 11.8 Å². The normalized spacial score (nSPS) is 15.3. The van der Waals surface area contributed by atoms with Crippen LogP contribution in [-0.2, 0) is 16.0 Å². The number of urea groups is 1. The number of benzene rings is 3. The number of hydrogen-bond acceptors (Lipinski definition) is 3. The number of amides is 4. The molecular formula is C25H18Cl2N2O3. The van der Waals surface area contributed by atoms with Crippen LogP contribution >= 0.6 is 23.2 Å². The molecule has 1 fully saturated rings. The Morgan fingerprint density at radius 3 is 2.38 bits per heavy atom. The van der Waals surface area contributed by atoms with E-state index in [-0.39, 0.29) is 5.57 Å². The van der Waals surface area contributed by atoms with Crippen LogP contribution in [0.1, 0.15) is 22.3 Å². The summed E-state index contributed by atoms with van der Waals surface area (Å²) < 4.78 is 0. The van der Waals surface area contributed by atoms with Crippen LogP contribution < -0.4 is 10.2 Å². The van der Waals surface area contributed by atoms with Crippen molar-refractivity contribution in [2.45, 2.75) is 13.3 Å². The van der Waals surface area contributed by atoms with E-state index in [1.165, 1.54) is 12.1 Å². The molecule has 3 aromatic rings. The van der Waals surface area contributed by atoms with Crippen LogP contribution in [0.4, 0.5) is 10.5 Å². The van der Waals surface area contributed by atoms with E-state index in [0.717, 1.165) is 16.0 Å². The van der Waals surface area contributed by atoms with Gasteiger partial charge in [-0.3, -0.25) is 14.9 Å². The van der Waals surface area contributed by atoms with E-state index in [0.29, 0.717) is 33.3 Å². The third kappa shape index (κ3) is 4.44. The highest BCUT2D eigenvalue weighted by Gasteiger charge is 2.37. The van der Waals surface area contributed by atoms with Crippen LogP contribution in [-0.4, -0.2) is 17.8 Å². The molecule has 1 aliphatic heterocycles. The Balaban J connectivity index is 1.62. The molecule has 4 rings (SSSR count). The molecule has 1 aliphatic rings. The third-order valence-electron chi connectivity index (χ3n) is 5.16. The van der Waals surface area contributed by atoms with Gasteiger partial charge in [0.15, 0.2) is 0 Å². The van der Waals surface area contributed by atoms with E-state index in [4.69, 9.17) is 23.2 Å². The van der Waals surface area contributed by atoms with Crippen molar-refractivity contribution in [3.8, 4) is 0 Å². The molecule has 7 heteroatoms. The second kappa shape index (κ2) is 8.99. The summed E-state index contributed by atoms with van der Waals surface area (Å²) in [4.78, 5) is 38.8. The van der Waals surface area contributed by atoms with Crippen molar-refractivity contribution in [1.29, 1.82) is 0 Å². The standard InChI is InChI=1S/C25H18Cl2N2O3/c1-15-6-11-19(26)14-22(15)29-24(31)20(23(30)28-25(29)32)13-17-9-7-16(8-10-17)12-18-4-2-3-5-21(18)27/h2-11,13-14H,12H2,1H3,(H,28,30,32)/b20-13+. The van der Waals surface area contributed by atoms with Crippen LogP contribution in [0.5, 0.6) is 0 Å². The quantitative estimate of drug-likeness (QED) is 0.405. The zero-order valence-corrected chi connectivity index (χ0v) is 18.6. The summed E-state index contributed by atoms with van der Waals surface area (Å²) in [6, 6.07) is 19.1. The summed E-state index contributed by atoms with van der Waals surface area (Å²) in [6.45, 7) is 1.75. The molecular weight excluding hydrogens is 447 g/mol. The Morgan fingerprint density at radius 1 is 0.938 bits per heavy atom. The first-order valence-electron chi connectivity index (χ1n) is 9.83. The van der Waals surface area contributed by atoms with E-state index in [9.17, 15) is 14.4 Å². The molecule has 3 aromatic carbocycles. The van der Waals surface area contributed by atoms with Gasteiger partial charge in [0.1, 0.15) is 5.57 Å². The zero-order valence-electron chi connectivity index (χ0n) is 17.1. The van der Waals surface area contributed by atoms with Crippen LogP contribution in [0, 0.1) is 6.92 Å². The molecule has 0 atom stereocenters. The Hall–Kier alpha value is -3.41. The van der Waals surface area contributed by atoms with Crippen LogP contribution in [0.2, 0.25) is 10.0 Å². The fraction of sp³-hybridized carbons (Fsp3) is 0.0800. The molecule has 5 nitrogen and oxygen atoms in total. The SMILES string of the molecule is Cc1ccc(Cl)cc1N1C(=O)NC(=O)/C(=C\c2ccc(Cc3ccccc3Cl)cc2)C1=O. The molecule has 1 N–H and O–H groups in total. The van der Waals surface area contributed by atoms with E-state index in [1.54, 1.807) is 19.1 Å². The molecule has 0 aromatic heterocycles. The number of halogens is 2. The average molecular weight is 465 g/mol. The number of imide groups is 2. The third-order valence-corrected chi connectivity index (χ3v) is 5.76. The van der Waals surface area contributed by atoms with Crippen molar-refractivity contribution >= 4 is 52.8 Å². The second-order valence-electron chi connectivity index (χ2n) is 7.40. The van der Waals surface area contributed by atoms with Crippen LogP contribution in [0.3, 0.4) is 0 Å². The smallest absolute Gasteiger partial charge is 0.273 e. The number of nitrogens with zero attached hydrogens (tertiary/aromatic N) is 1. The predicted octanol–water partition coefficient (Wildman–Crippen LogP) is 5.56. The lowest BCUT2D eigenvalue weighted by Crippen LogP contribution is -2.54. The van der Waals surface area contributed by atoms with Gasteiger partial charge in [0.05, 0.1) is 5.69 Å². The fourth-order valence-electron chi connectivity index (χ4n) is 3.46. The fourth-order valence-corrected chi connectivity index (χ4v) is 3.83. The molecule has 1 saturated heterocycles. The van der Waals surface area contributed by atoms with Gasteiger partial charge in [0, 0.05) is 10.0 Å². The average Bonchev–Trinajstić information content (AvgIpc) is 2.76. The van der Waals surface area contributed by atoms with E-state index >= 15 is 0 Å². The summed E-state index contributed by atoms with van der Waals surface area (Å²) in [5.74, 6) is -1.44. The highest BCUT2D eigenvalue weighted by molar-refractivity contribution is 6.39. The summed E-state index contributed by atoms with van der Waals surface area (Å²) in [5.41, 5.74) is 3.56. The number of carbonyl (C=O) groups is 3. The molecule has 1 heterocycles. The molecule has 0 saturated carbocycles. The number of rotatable bonds is 4. The first-order chi connectivity index (χ1) is 15.3. The minimum absolute atomic E-state index is 0.136. The topological polar surface area (TPSA) is 66.5 Å². The number of barbiturate groups is 1. The van der Waals surface area contributed by atoms with E-state index in [1.807, 2.05) is 48.5 Å². The van der Waals surface area contributed by atoms with Gasteiger partial charge in [-0.1, -0.05) is 71.7 Å². The van der Waals surface area contributed by atoms with Crippen molar-refractivity contribution in [3.05, 3.63) is 105 Å². The van der Waals surface area contributed by atoms with Gasteiger partial charge in [-0.15, -0.1) is 0 Å². The van der Waals surface area contributed by atoms with Crippen molar-refractivity contribution < 1.29 is 14.4 Å². The summed E-state index contributed by atoms with van der Waals surface area (Å²) in [5, 5.41) is 3.30. The monoisotopic (exact) mass is 464 g/mol. The molecule has 160 valence electrons. The second-order valence-corrected chi connectivity index (χ2v) is 8.24. The minimum atomic E-state index is -0.808. The van der Waals surface area contributed by atoms with E-state index in [2.05, 4.69) is 5.32 Å². The van der Waals surface area contributed by atoms with Gasteiger partial charge in [0.2, 0.25) is 0 Å². The Labute approximate surface area is 195 Å². The molecule has 4 amide bonds. The number of aryl methyl sites for hydroxylation is 1. The number of nitrogens with one attached hydrogen (secondary N) is 1. The van der Waals surface area contributed by atoms with Crippen molar-refractivity contribution in [2.75, 3.05) is 4.90 Å². The Morgan fingerprint density at radius 2 is 1.66 bits per heavy atom. The Bertz CT molecular complexity index is 1270. The highest BCUT2D eigenvalue weighted by Crippen LogP contribution is 2.28. The Kier molecular flexibility index (Phi) is 6.12. The number of hydrogen-bond donors (Lipinski definition) is 1. The van der Waals surface area contributed by atoms with Crippen molar-refractivity contribution in [3.63, 3.8) is 0 Å². The number of carbonyl (C=O) groups excluding carboxylic acids is 3. The van der Waals surface area contributed by atoms with Crippen LogP contribution in [0.25, 0.3) is 6.08 Å². The lowest BCUT2D eigenvalue weighted by Gasteiger charge is -2.27. The highest BCUT2D eigenvalue weighted by atomic mass is 35.5. The molecule has 0 spiro atoms. The van der Waals surface area contributed by atoms with Gasteiger partial charge < -0.3 is 0 Å². The van der Waals surface area contributed by atoms with Crippen molar-refractivity contribution in [1.82, 2.24) is 5.32 Å². The number of anilines is 1. The van der Waals surface area contributed by atoms with Crippen LogP contribution in [0.15, 0.2) is 72.3 Å². The van der Waals surface area contributed by atoms with E-state index < -0.39 is 17.8 Å². The van der Waals surface area contributed by atoms with Gasteiger partial charge in [-0.2, -0.15) is 0 Å². The maximum atomic E-state index is 13.1. The zero-order chi connectivity index (χ0) is 22.8.